The van der Waals surface area contributed by atoms with Crippen molar-refractivity contribution in [2.75, 3.05) is 7.11 Å². The molecule has 3 heteroatoms. The summed E-state index contributed by atoms with van der Waals surface area (Å²) in [6.45, 7) is 0. The first-order valence-electron chi connectivity index (χ1n) is 4.23. The molecule has 0 aliphatic carbocycles. The van der Waals surface area contributed by atoms with Gasteiger partial charge in [0.25, 0.3) is 0 Å². The van der Waals surface area contributed by atoms with Crippen LogP contribution in [0.1, 0.15) is 18.0 Å². The molecule has 1 saturated heterocycles. The smallest absolute Gasteiger partial charge is 0.222 e. The lowest BCUT2D eigenvalue weighted by molar-refractivity contribution is -0.128. The molecule has 0 radical (unpaired) electrons. The first-order chi connectivity index (χ1) is 6.31. The molecule has 0 bridgehead atoms. The Morgan fingerprint density at radius 1 is 1.46 bits per heavy atom. The van der Waals surface area contributed by atoms with Gasteiger partial charge in [-0.05, 0) is 6.07 Å². The summed E-state index contributed by atoms with van der Waals surface area (Å²) in [6, 6.07) is 7.89. The summed E-state index contributed by atoms with van der Waals surface area (Å²) in [5.74, 6) is 0.948. The first kappa shape index (κ1) is 8.10. The molecule has 0 unspecified atom stereocenters. The summed E-state index contributed by atoms with van der Waals surface area (Å²) < 4.78 is 5.19. The molecule has 3 nitrogen and oxygen atoms in total. The van der Waals surface area contributed by atoms with Crippen molar-refractivity contribution < 1.29 is 9.53 Å². The van der Waals surface area contributed by atoms with Crippen LogP contribution in [-0.4, -0.2) is 13.0 Å². The highest BCUT2D eigenvalue weighted by Crippen LogP contribution is 2.30. The number of methoxy groups -OCH3 is 1. The molecule has 0 spiro atoms. The average molecular weight is 177 g/mol. The van der Waals surface area contributed by atoms with Crippen LogP contribution in [0.15, 0.2) is 24.3 Å². The van der Waals surface area contributed by atoms with E-state index in [4.69, 9.17) is 4.74 Å². The number of carbonyl (C=O) groups excluding carboxylic acids is 1. The molecule has 2 rings (SSSR count). The van der Waals surface area contributed by atoms with Crippen molar-refractivity contribution in [2.24, 2.45) is 0 Å². The van der Waals surface area contributed by atoms with E-state index in [1.165, 1.54) is 0 Å². The number of hydrogen-bond donors (Lipinski definition) is 1. The van der Waals surface area contributed by atoms with Gasteiger partial charge in [-0.2, -0.15) is 0 Å². The van der Waals surface area contributed by atoms with Crippen LogP contribution in [0.25, 0.3) is 0 Å². The second-order valence-corrected chi connectivity index (χ2v) is 3.07. The van der Waals surface area contributed by atoms with E-state index in [9.17, 15) is 4.79 Å². The Morgan fingerprint density at radius 2 is 2.15 bits per heavy atom. The molecule has 1 atom stereocenters. The molecule has 1 aromatic rings. The highest BCUT2D eigenvalue weighted by atomic mass is 16.5. The highest BCUT2D eigenvalue weighted by molar-refractivity contribution is 5.83. The number of carbonyl (C=O) groups is 1. The standard InChI is InChI=1S/C10H11NO2/c1-13-9-5-3-2-4-7(9)8-6-10(12)11-8/h2-5,8H,6H2,1H3,(H,11,12)/t8-/m0/s1. The molecule has 1 amide bonds. The van der Waals surface area contributed by atoms with Crippen molar-refractivity contribution in [2.45, 2.75) is 12.5 Å². The van der Waals surface area contributed by atoms with Crippen molar-refractivity contribution >= 4 is 5.91 Å². The normalized spacial score (nSPS) is 20.4. The lowest BCUT2D eigenvalue weighted by Crippen LogP contribution is -2.41. The van der Waals surface area contributed by atoms with Gasteiger partial charge in [0, 0.05) is 5.56 Å². The fourth-order valence-corrected chi connectivity index (χ4v) is 1.50. The number of β-lactam (4-membered cyclic amide) rings is 1. The monoisotopic (exact) mass is 177 g/mol. The zero-order chi connectivity index (χ0) is 9.26. The maximum absolute atomic E-state index is 10.7. The van der Waals surface area contributed by atoms with Crippen LogP contribution in [0.2, 0.25) is 0 Å². The first-order valence-corrected chi connectivity index (χ1v) is 4.23. The fraction of sp³-hybridized carbons (Fsp3) is 0.300. The van der Waals surface area contributed by atoms with Gasteiger partial charge in [-0.15, -0.1) is 0 Å². The number of nitrogens with one attached hydrogen (secondary N) is 1. The van der Waals surface area contributed by atoms with Crippen molar-refractivity contribution in [3.63, 3.8) is 0 Å². The molecule has 1 aliphatic heterocycles. The van der Waals surface area contributed by atoms with Crippen molar-refractivity contribution in [1.82, 2.24) is 5.32 Å². The topological polar surface area (TPSA) is 38.3 Å². The third-order valence-electron chi connectivity index (χ3n) is 2.24. The highest BCUT2D eigenvalue weighted by Gasteiger charge is 2.28. The van der Waals surface area contributed by atoms with Gasteiger partial charge in [0.15, 0.2) is 0 Å². The van der Waals surface area contributed by atoms with E-state index in [-0.39, 0.29) is 11.9 Å². The zero-order valence-electron chi connectivity index (χ0n) is 7.41. The minimum absolute atomic E-state index is 0.107. The van der Waals surface area contributed by atoms with Crippen LogP contribution >= 0.6 is 0 Å². The van der Waals surface area contributed by atoms with Crippen LogP contribution in [0.3, 0.4) is 0 Å². The van der Waals surface area contributed by atoms with Crippen LogP contribution in [0.5, 0.6) is 5.75 Å². The van der Waals surface area contributed by atoms with Crippen LogP contribution in [-0.2, 0) is 4.79 Å². The number of ether oxygens (including phenoxy) is 1. The molecule has 1 aliphatic rings. The quantitative estimate of drug-likeness (QED) is 0.690. The van der Waals surface area contributed by atoms with Gasteiger partial charge < -0.3 is 10.1 Å². The summed E-state index contributed by atoms with van der Waals surface area (Å²) in [4.78, 5) is 10.7. The lowest BCUT2D eigenvalue weighted by Gasteiger charge is -2.28. The van der Waals surface area contributed by atoms with Crippen molar-refractivity contribution in [3.05, 3.63) is 29.8 Å². The maximum Gasteiger partial charge on any atom is 0.222 e. The fourth-order valence-electron chi connectivity index (χ4n) is 1.50. The molecular weight excluding hydrogens is 166 g/mol. The summed E-state index contributed by atoms with van der Waals surface area (Å²) in [5.41, 5.74) is 1.06. The minimum atomic E-state index is 0.107. The molecule has 0 saturated carbocycles. The van der Waals surface area contributed by atoms with E-state index >= 15 is 0 Å². The SMILES string of the molecule is COc1ccccc1[C@@H]1CC(=O)N1. The van der Waals surface area contributed by atoms with Crippen molar-refractivity contribution in [3.8, 4) is 5.75 Å². The minimum Gasteiger partial charge on any atom is -0.496 e. The van der Waals surface area contributed by atoms with Gasteiger partial charge in [0.2, 0.25) is 5.91 Å². The molecule has 0 aromatic heterocycles. The number of para-hydroxylation sites is 1. The number of rotatable bonds is 2. The van der Waals surface area contributed by atoms with E-state index in [2.05, 4.69) is 5.32 Å². The van der Waals surface area contributed by atoms with Crippen LogP contribution in [0.4, 0.5) is 0 Å². The zero-order valence-corrected chi connectivity index (χ0v) is 7.41. The number of benzene rings is 1. The Bertz CT molecular complexity index is 327. The van der Waals surface area contributed by atoms with Gasteiger partial charge in [-0.3, -0.25) is 4.79 Å². The predicted molar refractivity (Wildman–Crippen MR) is 48.5 cm³/mol. The van der Waals surface area contributed by atoms with E-state index < -0.39 is 0 Å². The molecule has 68 valence electrons. The second kappa shape index (κ2) is 3.09. The van der Waals surface area contributed by atoms with Crippen LogP contribution < -0.4 is 10.1 Å². The Balaban J connectivity index is 2.24. The Morgan fingerprint density at radius 3 is 2.77 bits per heavy atom. The molecule has 1 N–H and O–H groups in total. The third kappa shape index (κ3) is 1.37. The van der Waals surface area contributed by atoms with E-state index in [1.54, 1.807) is 7.11 Å². The summed E-state index contributed by atoms with van der Waals surface area (Å²) in [5, 5.41) is 2.81. The number of amides is 1. The van der Waals surface area contributed by atoms with E-state index in [1.807, 2.05) is 24.3 Å². The summed E-state index contributed by atoms with van der Waals surface area (Å²) in [6.07, 6.45) is 0.570. The van der Waals surface area contributed by atoms with Crippen molar-refractivity contribution in [1.29, 1.82) is 0 Å². The molecule has 1 fully saturated rings. The molecule has 13 heavy (non-hydrogen) atoms. The van der Waals surface area contributed by atoms with E-state index in [0.717, 1.165) is 11.3 Å². The number of hydrogen-bond acceptors (Lipinski definition) is 2. The molecule has 1 heterocycles. The Kier molecular flexibility index (Phi) is 1.93. The largest absolute Gasteiger partial charge is 0.496 e. The summed E-state index contributed by atoms with van der Waals surface area (Å²) in [7, 11) is 1.64. The van der Waals surface area contributed by atoms with Gasteiger partial charge in [-0.25, -0.2) is 0 Å². The molecular formula is C10H11NO2. The second-order valence-electron chi connectivity index (χ2n) is 3.07. The van der Waals surface area contributed by atoms with Gasteiger partial charge >= 0.3 is 0 Å². The Hall–Kier alpha value is -1.51. The lowest BCUT2D eigenvalue weighted by atomic mass is 9.96. The average Bonchev–Trinajstić information content (AvgIpc) is 2.13. The summed E-state index contributed by atoms with van der Waals surface area (Å²) >= 11 is 0. The van der Waals surface area contributed by atoms with Gasteiger partial charge in [-0.1, -0.05) is 18.2 Å². The molecule has 1 aromatic carbocycles. The predicted octanol–water partition coefficient (Wildman–Crippen LogP) is 1.26. The van der Waals surface area contributed by atoms with Crippen LogP contribution in [0, 0.1) is 0 Å². The van der Waals surface area contributed by atoms with E-state index in [0.29, 0.717) is 6.42 Å². The third-order valence-corrected chi connectivity index (χ3v) is 2.24. The van der Waals surface area contributed by atoms with Gasteiger partial charge in [0.05, 0.1) is 19.6 Å². The van der Waals surface area contributed by atoms with Gasteiger partial charge in [0.1, 0.15) is 5.75 Å². The Labute approximate surface area is 76.7 Å². The maximum atomic E-state index is 10.7.